The van der Waals surface area contributed by atoms with E-state index in [0.29, 0.717) is 0 Å². The molecular weight excluding hydrogens is 101 g/mol. The van der Waals surface area contributed by atoms with E-state index in [0.717, 1.165) is 0 Å². The van der Waals surface area contributed by atoms with Crippen LogP contribution in [0.1, 0.15) is 7.43 Å². The fourth-order valence-corrected chi connectivity index (χ4v) is 0. The Balaban J connectivity index is 0. The Hall–Kier alpha value is -0.240. The molecule has 38 valence electrons. The van der Waals surface area contributed by atoms with Crippen molar-refractivity contribution in [1.82, 2.24) is 5.32 Å². The summed E-state index contributed by atoms with van der Waals surface area (Å²) in [5, 5.41) is 1.63. The second-order valence-corrected chi connectivity index (χ2v) is 0.867. The fraction of sp³-hybridized carbons (Fsp3) is 0.667. The quantitative estimate of drug-likeness (QED) is 0.368. The number of halogens is 1. The fourth-order valence-electron chi connectivity index (χ4n) is 0. The molecule has 0 aliphatic rings. The molecule has 1 N–H and O–H groups in total. The summed E-state index contributed by atoms with van der Waals surface area (Å²) in [6.07, 6.45) is 0. The van der Waals surface area contributed by atoms with E-state index < -0.39 is 5.37 Å². The average Bonchev–Trinajstić information content (AvgIpc) is 1.38. The highest BCUT2D eigenvalue weighted by Crippen LogP contribution is 1.68. The molecule has 0 saturated heterocycles. The van der Waals surface area contributed by atoms with Crippen molar-refractivity contribution in [2.24, 2.45) is 0 Å². The van der Waals surface area contributed by atoms with Crippen molar-refractivity contribution in [3.8, 4) is 0 Å². The van der Waals surface area contributed by atoms with Gasteiger partial charge in [-0.2, -0.15) is 0 Å². The van der Waals surface area contributed by atoms with Crippen molar-refractivity contribution in [3.63, 3.8) is 0 Å². The van der Waals surface area contributed by atoms with Gasteiger partial charge in [-0.1, -0.05) is 7.43 Å². The number of amides is 1. The van der Waals surface area contributed by atoms with Crippen molar-refractivity contribution in [2.75, 3.05) is 7.05 Å². The molecule has 0 spiro atoms. The van der Waals surface area contributed by atoms with Crippen LogP contribution in [0.25, 0.3) is 0 Å². The van der Waals surface area contributed by atoms with Crippen LogP contribution in [-0.4, -0.2) is 12.4 Å². The highest BCUT2D eigenvalue weighted by atomic mass is 35.5. The Bertz CT molecular complexity index is 46.1. The standard InChI is InChI=1S/C2H4ClNO.CH4/c1-4-2(3)5;/h1H3,(H,4,5);1H4. The number of carbonyl (C=O) groups excluding carboxylic acids is 1. The van der Waals surface area contributed by atoms with Gasteiger partial charge >= 0.3 is 5.37 Å². The lowest BCUT2D eigenvalue weighted by Gasteiger charge is -1.76. The van der Waals surface area contributed by atoms with Gasteiger partial charge in [0.2, 0.25) is 0 Å². The van der Waals surface area contributed by atoms with E-state index in [2.05, 4.69) is 5.32 Å². The predicted molar refractivity (Wildman–Crippen MR) is 27.0 cm³/mol. The molecule has 0 unspecified atom stereocenters. The second-order valence-electron chi connectivity index (χ2n) is 0.524. The summed E-state index contributed by atoms with van der Waals surface area (Å²) in [5.41, 5.74) is 0. The maximum atomic E-state index is 9.47. The molecule has 0 aliphatic carbocycles. The minimum atomic E-state index is -0.523. The van der Waals surface area contributed by atoms with Gasteiger partial charge in [0.25, 0.3) is 0 Å². The zero-order valence-electron chi connectivity index (χ0n) is 2.79. The summed E-state index contributed by atoms with van der Waals surface area (Å²) < 4.78 is 0. The molecule has 0 aliphatic heterocycles. The molecule has 0 fully saturated rings. The maximum absolute atomic E-state index is 9.47. The Morgan fingerprint density at radius 3 is 2.00 bits per heavy atom. The van der Waals surface area contributed by atoms with E-state index in [1.165, 1.54) is 7.05 Å². The normalized spacial score (nSPS) is 5.67. The van der Waals surface area contributed by atoms with Crippen LogP contribution < -0.4 is 5.32 Å². The van der Waals surface area contributed by atoms with Crippen molar-refractivity contribution >= 4 is 17.0 Å². The first kappa shape index (κ1) is 9.23. The number of nitrogens with one attached hydrogen (secondary N) is 1. The largest absolute Gasteiger partial charge is 0.346 e. The van der Waals surface area contributed by atoms with Crippen LogP contribution in [0.15, 0.2) is 0 Å². The van der Waals surface area contributed by atoms with Crippen LogP contribution in [0.4, 0.5) is 4.79 Å². The molecule has 0 rings (SSSR count). The molecule has 0 aromatic rings. The van der Waals surface area contributed by atoms with E-state index in [4.69, 9.17) is 11.6 Å². The topological polar surface area (TPSA) is 29.1 Å². The number of rotatable bonds is 0. The van der Waals surface area contributed by atoms with Gasteiger partial charge in [0.1, 0.15) is 0 Å². The second kappa shape index (κ2) is 4.76. The van der Waals surface area contributed by atoms with Crippen LogP contribution >= 0.6 is 11.6 Å². The van der Waals surface area contributed by atoms with Crippen LogP contribution in [0.3, 0.4) is 0 Å². The Morgan fingerprint density at radius 2 is 2.00 bits per heavy atom. The van der Waals surface area contributed by atoms with Crippen LogP contribution in [-0.2, 0) is 0 Å². The molecule has 0 bridgehead atoms. The maximum Gasteiger partial charge on any atom is 0.313 e. The molecular formula is C3H8ClNO. The van der Waals surface area contributed by atoms with Gasteiger partial charge in [-0.15, -0.1) is 0 Å². The Labute approximate surface area is 42.5 Å². The SMILES string of the molecule is C.CNC(=O)Cl. The van der Waals surface area contributed by atoms with Crippen LogP contribution in [0.5, 0.6) is 0 Å². The predicted octanol–water partition coefficient (Wildman–Crippen LogP) is 1.20. The minimum Gasteiger partial charge on any atom is -0.346 e. The lowest BCUT2D eigenvalue weighted by atomic mass is 11.2. The molecule has 0 radical (unpaired) electrons. The van der Waals surface area contributed by atoms with Crippen molar-refractivity contribution in [3.05, 3.63) is 0 Å². The molecule has 1 amide bonds. The molecule has 0 atom stereocenters. The summed E-state index contributed by atoms with van der Waals surface area (Å²) in [6.45, 7) is 0. The summed E-state index contributed by atoms with van der Waals surface area (Å²) in [5.74, 6) is 0. The van der Waals surface area contributed by atoms with E-state index in [1.807, 2.05) is 0 Å². The average molecular weight is 110 g/mol. The molecule has 0 aromatic carbocycles. The van der Waals surface area contributed by atoms with Gasteiger partial charge in [-0.3, -0.25) is 4.79 Å². The molecule has 0 aromatic heterocycles. The highest BCUT2D eigenvalue weighted by Gasteiger charge is 1.77. The Morgan fingerprint density at radius 1 is 1.83 bits per heavy atom. The van der Waals surface area contributed by atoms with E-state index in [1.54, 1.807) is 0 Å². The van der Waals surface area contributed by atoms with Gasteiger partial charge in [0.15, 0.2) is 0 Å². The van der Waals surface area contributed by atoms with Gasteiger partial charge in [0, 0.05) is 7.05 Å². The lowest BCUT2D eigenvalue weighted by molar-refractivity contribution is 0.261. The van der Waals surface area contributed by atoms with E-state index in [-0.39, 0.29) is 7.43 Å². The van der Waals surface area contributed by atoms with Gasteiger partial charge < -0.3 is 5.32 Å². The summed E-state index contributed by atoms with van der Waals surface area (Å²) in [6, 6.07) is 0. The van der Waals surface area contributed by atoms with E-state index in [9.17, 15) is 4.79 Å². The molecule has 3 heteroatoms. The zero-order valence-corrected chi connectivity index (χ0v) is 3.54. The monoisotopic (exact) mass is 109 g/mol. The first-order chi connectivity index (χ1) is 2.27. The molecule has 6 heavy (non-hydrogen) atoms. The minimum absolute atomic E-state index is 0. The van der Waals surface area contributed by atoms with Gasteiger partial charge in [0.05, 0.1) is 0 Å². The first-order valence-electron chi connectivity index (χ1n) is 1.14. The zero-order chi connectivity index (χ0) is 4.28. The van der Waals surface area contributed by atoms with E-state index >= 15 is 0 Å². The van der Waals surface area contributed by atoms with Gasteiger partial charge in [-0.25, -0.2) is 0 Å². The lowest BCUT2D eigenvalue weighted by Crippen LogP contribution is -2.06. The number of carbonyl (C=O) groups is 1. The molecule has 0 heterocycles. The van der Waals surface area contributed by atoms with Crippen molar-refractivity contribution < 1.29 is 4.79 Å². The highest BCUT2D eigenvalue weighted by molar-refractivity contribution is 6.62. The summed E-state index contributed by atoms with van der Waals surface area (Å²) in [4.78, 5) is 9.47. The Kier molecular flexibility index (Phi) is 7.32. The van der Waals surface area contributed by atoms with Crippen molar-refractivity contribution in [2.45, 2.75) is 7.43 Å². The van der Waals surface area contributed by atoms with Gasteiger partial charge in [-0.05, 0) is 11.6 Å². The molecule has 0 saturated carbocycles. The third-order valence-corrected chi connectivity index (χ3v) is 0.386. The van der Waals surface area contributed by atoms with Crippen LogP contribution in [0.2, 0.25) is 0 Å². The number of hydrogen-bond donors (Lipinski definition) is 1. The number of hydrogen-bond acceptors (Lipinski definition) is 1. The van der Waals surface area contributed by atoms with Crippen LogP contribution in [0, 0.1) is 0 Å². The first-order valence-corrected chi connectivity index (χ1v) is 1.52. The summed E-state index contributed by atoms with van der Waals surface area (Å²) in [7, 11) is 1.47. The third kappa shape index (κ3) is 9.25. The van der Waals surface area contributed by atoms with Crippen molar-refractivity contribution in [1.29, 1.82) is 0 Å². The molecule has 2 nitrogen and oxygen atoms in total. The third-order valence-electron chi connectivity index (χ3n) is 0.197. The summed E-state index contributed by atoms with van der Waals surface area (Å²) >= 11 is 4.71. The smallest absolute Gasteiger partial charge is 0.313 e.